The smallest absolute Gasteiger partial charge is 0.337 e. The zero-order valence-corrected chi connectivity index (χ0v) is 13.6. The van der Waals surface area contributed by atoms with Gasteiger partial charge in [0.25, 0.3) is 0 Å². The number of aromatic nitrogens is 3. The van der Waals surface area contributed by atoms with Crippen LogP contribution in [0.2, 0.25) is 0 Å². The molecule has 1 aliphatic rings. The first kappa shape index (κ1) is 15.7. The van der Waals surface area contributed by atoms with Gasteiger partial charge in [-0.1, -0.05) is 0 Å². The maximum absolute atomic E-state index is 11.4. The standard InChI is InChI=1S/C18H18N4O3/c23-18(24)14-3-4-16-20-17(13-2-1-5-19-10-13)15(22(16)11-14)12-21-6-8-25-9-7-21/h1-5,10-11H,6-9,12H2,(H,23,24). The summed E-state index contributed by atoms with van der Waals surface area (Å²) in [6.45, 7) is 3.78. The Morgan fingerprint density at radius 1 is 1.24 bits per heavy atom. The molecule has 0 spiro atoms. The number of carboxylic acids is 1. The van der Waals surface area contributed by atoms with Crippen LogP contribution in [0.3, 0.4) is 0 Å². The average Bonchev–Trinajstić information content (AvgIpc) is 3.01. The third-order valence-electron chi connectivity index (χ3n) is 4.38. The van der Waals surface area contributed by atoms with E-state index in [9.17, 15) is 9.90 Å². The van der Waals surface area contributed by atoms with Crippen molar-refractivity contribution in [2.24, 2.45) is 0 Å². The number of rotatable bonds is 4. The molecule has 0 aliphatic carbocycles. The molecule has 0 aromatic carbocycles. The van der Waals surface area contributed by atoms with Crippen LogP contribution in [0.5, 0.6) is 0 Å². The molecule has 7 heteroatoms. The van der Waals surface area contributed by atoms with Crippen LogP contribution in [-0.4, -0.2) is 56.6 Å². The van der Waals surface area contributed by atoms with Crippen LogP contribution in [0.1, 0.15) is 16.1 Å². The molecule has 4 heterocycles. The Labute approximate surface area is 144 Å². The number of hydrogen-bond acceptors (Lipinski definition) is 5. The molecule has 128 valence electrons. The minimum absolute atomic E-state index is 0.242. The summed E-state index contributed by atoms with van der Waals surface area (Å²) in [6, 6.07) is 7.17. The van der Waals surface area contributed by atoms with Crippen LogP contribution in [0, 0.1) is 0 Å². The molecule has 0 amide bonds. The predicted octanol–water partition coefficient (Wildman–Crippen LogP) is 1.93. The number of fused-ring (bicyclic) bond motifs is 1. The van der Waals surface area contributed by atoms with Gasteiger partial charge in [0, 0.05) is 43.8 Å². The summed E-state index contributed by atoms with van der Waals surface area (Å²) in [5, 5.41) is 9.31. The Kier molecular flexibility index (Phi) is 4.17. The highest BCUT2D eigenvalue weighted by molar-refractivity contribution is 5.87. The Morgan fingerprint density at radius 2 is 2.08 bits per heavy atom. The molecule has 0 atom stereocenters. The number of pyridine rings is 2. The number of morpholine rings is 1. The first-order chi connectivity index (χ1) is 12.2. The van der Waals surface area contributed by atoms with E-state index in [1.54, 1.807) is 30.7 Å². The van der Waals surface area contributed by atoms with Crippen molar-refractivity contribution in [1.82, 2.24) is 19.3 Å². The Balaban J connectivity index is 1.84. The molecule has 0 unspecified atom stereocenters. The molecule has 0 bridgehead atoms. The van der Waals surface area contributed by atoms with E-state index in [0.29, 0.717) is 19.8 Å². The highest BCUT2D eigenvalue weighted by atomic mass is 16.5. The van der Waals surface area contributed by atoms with Gasteiger partial charge in [0.1, 0.15) is 5.65 Å². The Hall–Kier alpha value is -2.77. The predicted molar refractivity (Wildman–Crippen MR) is 91.5 cm³/mol. The normalized spacial score (nSPS) is 15.5. The molecule has 1 saturated heterocycles. The number of carboxylic acid groups (broad SMARTS) is 1. The summed E-state index contributed by atoms with van der Waals surface area (Å²) in [6.07, 6.45) is 5.15. The van der Waals surface area contributed by atoms with E-state index in [1.807, 2.05) is 16.5 Å². The van der Waals surface area contributed by atoms with Gasteiger partial charge in [-0.3, -0.25) is 9.88 Å². The van der Waals surface area contributed by atoms with Crippen LogP contribution in [-0.2, 0) is 11.3 Å². The lowest BCUT2D eigenvalue weighted by atomic mass is 10.1. The molecule has 7 nitrogen and oxygen atoms in total. The third-order valence-corrected chi connectivity index (χ3v) is 4.38. The minimum Gasteiger partial charge on any atom is -0.478 e. The highest BCUT2D eigenvalue weighted by Crippen LogP contribution is 2.26. The molecule has 0 saturated carbocycles. The second-order valence-corrected chi connectivity index (χ2v) is 5.99. The van der Waals surface area contributed by atoms with Gasteiger partial charge in [-0.25, -0.2) is 9.78 Å². The molecule has 4 rings (SSSR count). The molecule has 25 heavy (non-hydrogen) atoms. The quantitative estimate of drug-likeness (QED) is 0.783. The number of imidazole rings is 1. The number of hydrogen-bond donors (Lipinski definition) is 1. The van der Waals surface area contributed by atoms with Gasteiger partial charge < -0.3 is 14.2 Å². The van der Waals surface area contributed by atoms with Crippen LogP contribution >= 0.6 is 0 Å². The van der Waals surface area contributed by atoms with Crippen molar-refractivity contribution >= 4 is 11.6 Å². The van der Waals surface area contributed by atoms with Crippen LogP contribution in [0.15, 0.2) is 42.9 Å². The van der Waals surface area contributed by atoms with Crippen LogP contribution < -0.4 is 0 Å². The largest absolute Gasteiger partial charge is 0.478 e. The molecule has 1 aliphatic heterocycles. The van der Waals surface area contributed by atoms with Crippen molar-refractivity contribution in [2.45, 2.75) is 6.54 Å². The average molecular weight is 338 g/mol. The topological polar surface area (TPSA) is 80.0 Å². The van der Waals surface area contributed by atoms with Crippen molar-refractivity contribution in [3.8, 4) is 11.3 Å². The molecule has 1 fully saturated rings. The summed E-state index contributed by atoms with van der Waals surface area (Å²) in [7, 11) is 0. The zero-order valence-electron chi connectivity index (χ0n) is 13.6. The van der Waals surface area contributed by atoms with E-state index in [1.165, 1.54) is 0 Å². The second-order valence-electron chi connectivity index (χ2n) is 5.99. The number of aromatic carboxylic acids is 1. The maximum atomic E-state index is 11.4. The van der Waals surface area contributed by atoms with Crippen molar-refractivity contribution in [1.29, 1.82) is 0 Å². The summed E-state index contributed by atoms with van der Waals surface area (Å²) < 4.78 is 7.30. The van der Waals surface area contributed by atoms with Crippen molar-refractivity contribution in [2.75, 3.05) is 26.3 Å². The highest BCUT2D eigenvalue weighted by Gasteiger charge is 2.19. The van der Waals surface area contributed by atoms with E-state index in [4.69, 9.17) is 9.72 Å². The fraction of sp³-hybridized carbons (Fsp3) is 0.278. The second kappa shape index (κ2) is 6.62. The van der Waals surface area contributed by atoms with Crippen molar-refractivity contribution in [3.63, 3.8) is 0 Å². The van der Waals surface area contributed by atoms with Crippen LogP contribution in [0.25, 0.3) is 16.9 Å². The number of nitrogens with zero attached hydrogens (tertiary/aromatic N) is 4. The van der Waals surface area contributed by atoms with Gasteiger partial charge in [-0.2, -0.15) is 0 Å². The fourth-order valence-electron chi connectivity index (χ4n) is 3.08. The Bertz CT molecular complexity index is 901. The van der Waals surface area contributed by atoms with E-state index in [-0.39, 0.29) is 5.56 Å². The summed E-state index contributed by atoms with van der Waals surface area (Å²) in [5.41, 5.74) is 3.69. The molecule has 1 N–H and O–H groups in total. The van der Waals surface area contributed by atoms with E-state index < -0.39 is 5.97 Å². The summed E-state index contributed by atoms with van der Waals surface area (Å²) >= 11 is 0. The maximum Gasteiger partial charge on any atom is 0.337 e. The molecule has 0 radical (unpaired) electrons. The lowest BCUT2D eigenvalue weighted by Gasteiger charge is -2.26. The summed E-state index contributed by atoms with van der Waals surface area (Å²) in [4.78, 5) is 22.6. The first-order valence-electron chi connectivity index (χ1n) is 8.17. The van der Waals surface area contributed by atoms with Gasteiger partial charge in [0.05, 0.1) is 30.2 Å². The van der Waals surface area contributed by atoms with E-state index >= 15 is 0 Å². The van der Waals surface area contributed by atoms with Crippen molar-refractivity contribution < 1.29 is 14.6 Å². The zero-order chi connectivity index (χ0) is 17.2. The first-order valence-corrected chi connectivity index (χ1v) is 8.17. The minimum atomic E-state index is -0.948. The van der Waals surface area contributed by atoms with Gasteiger partial charge in [0.2, 0.25) is 0 Å². The molecular formula is C18H18N4O3. The van der Waals surface area contributed by atoms with Crippen molar-refractivity contribution in [3.05, 3.63) is 54.1 Å². The van der Waals surface area contributed by atoms with Gasteiger partial charge >= 0.3 is 5.97 Å². The van der Waals surface area contributed by atoms with Crippen LogP contribution in [0.4, 0.5) is 0 Å². The van der Waals surface area contributed by atoms with E-state index in [2.05, 4.69) is 9.88 Å². The molecule has 3 aromatic rings. The fourth-order valence-corrected chi connectivity index (χ4v) is 3.08. The third kappa shape index (κ3) is 3.11. The van der Waals surface area contributed by atoms with Gasteiger partial charge in [-0.05, 0) is 24.3 Å². The van der Waals surface area contributed by atoms with Gasteiger partial charge in [0.15, 0.2) is 0 Å². The monoisotopic (exact) mass is 338 g/mol. The SMILES string of the molecule is O=C(O)c1ccc2nc(-c3cccnc3)c(CN3CCOCC3)n2c1. The number of ether oxygens (including phenoxy) is 1. The molecular weight excluding hydrogens is 320 g/mol. The lowest BCUT2D eigenvalue weighted by molar-refractivity contribution is 0.0336. The van der Waals surface area contributed by atoms with Gasteiger partial charge in [-0.15, -0.1) is 0 Å². The Morgan fingerprint density at radius 3 is 2.80 bits per heavy atom. The summed E-state index contributed by atoms with van der Waals surface area (Å²) in [5.74, 6) is -0.948. The molecule has 3 aromatic heterocycles. The lowest BCUT2D eigenvalue weighted by Crippen LogP contribution is -2.36. The number of carbonyl (C=O) groups is 1. The van der Waals surface area contributed by atoms with E-state index in [0.717, 1.165) is 35.7 Å².